The molecule has 3 nitrogen and oxygen atoms in total. The topological polar surface area (TPSA) is 43.8 Å². The minimum absolute atomic E-state index is 0.356. The summed E-state index contributed by atoms with van der Waals surface area (Å²) in [6.45, 7) is 4.00. The molecule has 0 unspecified atom stereocenters. The van der Waals surface area contributed by atoms with Crippen LogP contribution < -0.4 is 5.73 Å². The Morgan fingerprint density at radius 3 is 2.67 bits per heavy atom. The molecule has 1 aromatic carbocycles. The van der Waals surface area contributed by atoms with Crippen molar-refractivity contribution in [3.05, 3.63) is 28.4 Å². The number of hydrogen-bond donors (Lipinski definition) is 1. The normalized spacial score (nSPS) is 12.3. The molecular formula is C11H14BrN3. The second-order valence-electron chi connectivity index (χ2n) is 4.34. The third-order valence-corrected chi connectivity index (χ3v) is 3.08. The Hall–Kier alpha value is -0.870. The number of rotatable bonds is 1. The molecule has 4 heteroatoms. The van der Waals surface area contributed by atoms with Crippen LogP contribution in [0.2, 0.25) is 0 Å². The van der Waals surface area contributed by atoms with E-state index in [2.05, 4.69) is 27.1 Å². The summed E-state index contributed by atoms with van der Waals surface area (Å²) in [5.74, 6) is 0. The van der Waals surface area contributed by atoms with Crippen LogP contribution in [-0.2, 0) is 12.6 Å². The summed E-state index contributed by atoms with van der Waals surface area (Å²) in [5, 5.41) is 5.45. The highest BCUT2D eigenvalue weighted by Gasteiger charge is 2.20. The van der Waals surface area contributed by atoms with Gasteiger partial charge in [-0.25, -0.2) is 0 Å². The fourth-order valence-corrected chi connectivity index (χ4v) is 2.45. The highest BCUT2D eigenvalue weighted by atomic mass is 79.9. The van der Waals surface area contributed by atoms with E-state index in [1.165, 1.54) is 0 Å². The fourth-order valence-electron chi connectivity index (χ4n) is 1.80. The lowest BCUT2D eigenvalue weighted by atomic mass is 9.93. The van der Waals surface area contributed by atoms with Gasteiger partial charge in [-0.15, -0.1) is 0 Å². The molecule has 0 aliphatic heterocycles. The van der Waals surface area contributed by atoms with Crippen LogP contribution in [0, 0.1) is 0 Å². The van der Waals surface area contributed by atoms with Gasteiger partial charge in [0.2, 0.25) is 0 Å². The van der Waals surface area contributed by atoms with Crippen molar-refractivity contribution in [2.45, 2.75) is 19.4 Å². The molecular weight excluding hydrogens is 254 g/mol. The zero-order valence-corrected chi connectivity index (χ0v) is 10.7. The van der Waals surface area contributed by atoms with Crippen molar-refractivity contribution in [3.8, 4) is 0 Å². The molecule has 0 saturated heterocycles. The lowest BCUT2D eigenvalue weighted by Gasteiger charge is -2.20. The molecule has 2 N–H and O–H groups in total. The lowest BCUT2D eigenvalue weighted by Crippen LogP contribution is -2.28. The Morgan fingerprint density at radius 1 is 1.40 bits per heavy atom. The number of aryl methyl sites for hydroxylation is 1. The zero-order chi connectivity index (χ0) is 11.2. The van der Waals surface area contributed by atoms with E-state index in [1.54, 1.807) is 0 Å². The first-order valence-corrected chi connectivity index (χ1v) is 5.61. The van der Waals surface area contributed by atoms with E-state index in [-0.39, 0.29) is 5.54 Å². The molecule has 0 radical (unpaired) electrons. The Bertz CT molecular complexity index is 508. The summed E-state index contributed by atoms with van der Waals surface area (Å²) in [5.41, 5.74) is 7.99. The number of aromatic nitrogens is 2. The minimum atomic E-state index is -0.356. The Kier molecular flexibility index (Phi) is 2.35. The lowest BCUT2D eigenvalue weighted by molar-refractivity contribution is 0.559. The van der Waals surface area contributed by atoms with Gasteiger partial charge in [-0.1, -0.05) is 12.1 Å². The van der Waals surface area contributed by atoms with E-state index in [0.717, 1.165) is 21.1 Å². The number of fused-ring (bicyclic) bond motifs is 1. The maximum absolute atomic E-state index is 6.14. The summed E-state index contributed by atoms with van der Waals surface area (Å²) in [6, 6.07) is 6.11. The van der Waals surface area contributed by atoms with E-state index in [0.29, 0.717) is 0 Å². The number of halogens is 1. The van der Waals surface area contributed by atoms with Gasteiger partial charge < -0.3 is 5.73 Å². The molecule has 0 atom stereocenters. The van der Waals surface area contributed by atoms with Gasteiger partial charge in [0.25, 0.3) is 0 Å². The van der Waals surface area contributed by atoms with Crippen molar-refractivity contribution >= 4 is 26.8 Å². The highest BCUT2D eigenvalue weighted by molar-refractivity contribution is 9.10. The monoisotopic (exact) mass is 267 g/mol. The molecule has 1 heterocycles. The smallest absolute Gasteiger partial charge is 0.136 e. The molecule has 0 saturated carbocycles. The van der Waals surface area contributed by atoms with Gasteiger partial charge in [0.1, 0.15) is 4.60 Å². The van der Waals surface area contributed by atoms with Crippen molar-refractivity contribution in [1.29, 1.82) is 0 Å². The summed E-state index contributed by atoms with van der Waals surface area (Å²) < 4.78 is 2.71. The van der Waals surface area contributed by atoms with Crippen molar-refractivity contribution in [2.75, 3.05) is 0 Å². The second-order valence-corrected chi connectivity index (χ2v) is 5.09. The zero-order valence-electron chi connectivity index (χ0n) is 9.08. The molecule has 0 bridgehead atoms. The minimum Gasteiger partial charge on any atom is -0.322 e. The Morgan fingerprint density at radius 2 is 2.07 bits per heavy atom. The predicted octanol–water partition coefficient (Wildman–Crippen LogP) is 2.53. The van der Waals surface area contributed by atoms with Gasteiger partial charge in [0.05, 0.1) is 5.52 Å². The van der Waals surface area contributed by atoms with Gasteiger partial charge in [-0.05, 0) is 41.4 Å². The molecule has 0 fully saturated rings. The summed E-state index contributed by atoms with van der Waals surface area (Å²) >= 11 is 3.47. The van der Waals surface area contributed by atoms with Gasteiger partial charge in [0.15, 0.2) is 0 Å². The van der Waals surface area contributed by atoms with E-state index < -0.39 is 0 Å². The number of nitrogens with two attached hydrogens (primary N) is 1. The highest BCUT2D eigenvalue weighted by Crippen LogP contribution is 2.31. The van der Waals surface area contributed by atoms with Crippen LogP contribution in [0.15, 0.2) is 22.8 Å². The van der Waals surface area contributed by atoms with Gasteiger partial charge in [-0.3, -0.25) is 4.68 Å². The maximum atomic E-state index is 6.14. The van der Waals surface area contributed by atoms with Crippen molar-refractivity contribution in [1.82, 2.24) is 9.78 Å². The first-order chi connectivity index (χ1) is 6.91. The molecule has 1 aromatic heterocycles. The number of nitrogens with zero attached hydrogens (tertiary/aromatic N) is 2. The predicted molar refractivity (Wildman–Crippen MR) is 65.6 cm³/mol. The molecule has 15 heavy (non-hydrogen) atoms. The first-order valence-electron chi connectivity index (χ1n) is 4.82. The quantitative estimate of drug-likeness (QED) is 0.863. The molecule has 0 spiro atoms. The number of hydrogen-bond acceptors (Lipinski definition) is 2. The van der Waals surface area contributed by atoms with E-state index >= 15 is 0 Å². The van der Waals surface area contributed by atoms with Crippen LogP contribution in [0.5, 0.6) is 0 Å². The van der Waals surface area contributed by atoms with E-state index in [9.17, 15) is 0 Å². The molecule has 2 aromatic rings. The van der Waals surface area contributed by atoms with E-state index in [1.807, 2.05) is 37.7 Å². The fraction of sp³-hybridized carbons (Fsp3) is 0.364. The van der Waals surface area contributed by atoms with Crippen LogP contribution in [0.3, 0.4) is 0 Å². The molecule has 0 aliphatic carbocycles. The van der Waals surface area contributed by atoms with Crippen molar-refractivity contribution < 1.29 is 0 Å². The van der Waals surface area contributed by atoms with Crippen LogP contribution in [0.25, 0.3) is 10.9 Å². The summed E-state index contributed by atoms with van der Waals surface area (Å²) in [6.07, 6.45) is 0. The average Bonchev–Trinajstić information content (AvgIpc) is 2.41. The SMILES string of the molecule is Cn1nc(Br)c2c(C(C)(C)N)cccc21. The maximum Gasteiger partial charge on any atom is 0.136 e. The largest absolute Gasteiger partial charge is 0.322 e. The van der Waals surface area contributed by atoms with Crippen LogP contribution in [0.1, 0.15) is 19.4 Å². The summed E-state index contributed by atoms with van der Waals surface area (Å²) in [4.78, 5) is 0. The third kappa shape index (κ3) is 1.68. The molecule has 2 rings (SSSR count). The molecule has 80 valence electrons. The average molecular weight is 268 g/mol. The van der Waals surface area contributed by atoms with Gasteiger partial charge in [0, 0.05) is 18.0 Å². The van der Waals surface area contributed by atoms with Gasteiger partial charge in [-0.2, -0.15) is 5.10 Å². The third-order valence-electron chi connectivity index (χ3n) is 2.53. The Balaban J connectivity index is 2.87. The number of benzene rings is 1. The van der Waals surface area contributed by atoms with Crippen LogP contribution in [-0.4, -0.2) is 9.78 Å². The van der Waals surface area contributed by atoms with Crippen LogP contribution in [0.4, 0.5) is 0 Å². The Labute approximate surface area is 97.4 Å². The van der Waals surface area contributed by atoms with Crippen molar-refractivity contribution in [2.24, 2.45) is 12.8 Å². The standard InChI is InChI=1S/C11H14BrN3/c1-11(2,13)7-5-4-6-8-9(7)10(12)14-15(8)3/h4-6H,13H2,1-3H3. The first kappa shape index (κ1) is 10.6. The van der Waals surface area contributed by atoms with Gasteiger partial charge >= 0.3 is 0 Å². The summed E-state index contributed by atoms with van der Waals surface area (Å²) in [7, 11) is 1.93. The van der Waals surface area contributed by atoms with Crippen LogP contribution >= 0.6 is 15.9 Å². The second kappa shape index (κ2) is 3.32. The molecule has 0 amide bonds. The molecule has 0 aliphatic rings. The van der Waals surface area contributed by atoms with Crippen molar-refractivity contribution in [3.63, 3.8) is 0 Å². The van der Waals surface area contributed by atoms with E-state index in [4.69, 9.17) is 5.73 Å².